The average molecular weight is 635 g/mol. The Hall–Kier alpha value is -5.22. The number of aliphatic hydroxyl groups excluding tert-OH is 2. The summed E-state index contributed by atoms with van der Waals surface area (Å²) in [6.45, 7) is 8.19. The highest BCUT2D eigenvalue weighted by atomic mass is 16.2. The summed E-state index contributed by atoms with van der Waals surface area (Å²) in [6, 6.07) is 31.6. The van der Waals surface area contributed by atoms with E-state index in [2.05, 4.69) is 20.6 Å². The lowest BCUT2D eigenvalue weighted by atomic mass is 9.84. The summed E-state index contributed by atoms with van der Waals surface area (Å²) in [7, 11) is 2.00. The van der Waals surface area contributed by atoms with E-state index in [0.717, 1.165) is 81.0 Å². The first-order valence-corrected chi connectivity index (χ1v) is 15.1. The number of para-hydroxylation sites is 4. The number of aliphatic hydroxyl groups is 2. The molecule has 9 heteroatoms. The Balaban J connectivity index is 0.000000189. The minimum Gasteiger partial charge on any atom is -0.412 e. The fourth-order valence-corrected chi connectivity index (χ4v) is 6.49. The van der Waals surface area contributed by atoms with Gasteiger partial charge in [0.15, 0.2) is 10.9 Å². The second kappa shape index (κ2) is 13.6. The number of anilines is 2. The Bertz CT molecular complexity index is 2010. The van der Waals surface area contributed by atoms with Crippen molar-refractivity contribution < 1.29 is 15.7 Å². The van der Waals surface area contributed by atoms with Crippen molar-refractivity contribution in [2.24, 2.45) is 0 Å². The molecule has 9 nitrogen and oxygen atoms in total. The van der Waals surface area contributed by atoms with Gasteiger partial charge in [-0.3, -0.25) is 9.59 Å². The molecule has 0 saturated carbocycles. The summed E-state index contributed by atoms with van der Waals surface area (Å²) < 4.78 is 0. The quantitative estimate of drug-likeness (QED) is 0.118. The summed E-state index contributed by atoms with van der Waals surface area (Å²) in [5.74, 6) is 0. The lowest BCUT2D eigenvalue weighted by Crippen LogP contribution is -2.37. The summed E-state index contributed by atoms with van der Waals surface area (Å²) in [6.07, 6.45) is 0. The van der Waals surface area contributed by atoms with Crippen molar-refractivity contribution in [2.45, 2.75) is 38.8 Å². The molecule has 0 amide bonds. The number of fused-ring (bicyclic) bond motifs is 8. The normalized spacial score (nSPS) is 13.8. The van der Waals surface area contributed by atoms with Gasteiger partial charge in [-0.15, -0.1) is 0 Å². The number of aromatic nitrogens is 2. The van der Waals surface area contributed by atoms with Crippen LogP contribution in [0.3, 0.4) is 0 Å². The molecule has 8 N–H and O–H groups in total. The van der Waals surface area contributed by atoms with E-state index >= 15 is 0 Å². The molecule has 2 aromatic heterocycles. The zero-order valence-corrected chi connectivity index (χ0v) is 27.4. The van der Waals surface area contributed by atoms with Crippen molar-refractivity contribution in [3.8, 4) is 22.5 Å². The zero-order valence-electron chi connectivity index (χ0n) is 27.4. The molecule has 0 unspecified atom stereocenters. The number of hydrogen-bond donors (Lipinski definition) is 6. The molecular weight excluding hydrogens is 592 g/mol. The Morgan fingerprint density at radius 3 is 1.19 bits per heavy atom. The van der Waals surface area contributed by atoms with Crippen molar-refractivity contribution in [1.29, 1.82) is 0 Å². The number of rotatable bonds is 0. The summed E-state index contributed by atoms with van der Waals surface area (Å²) in [5, 5.41) is 22.4. The monoisotopic (exact) mass is 634 g/mol. The Kier molecular flexibility index (Phi) is 10.1. The van der Waals surface area contributed by atoms with E-state index in [1.165, 1.54) is 0 Å². The SMILES string of the molecule is CC1(C)Nc2ccccc2-c2[nH]c3ccccc3c(=O)c21.CC1(C)Nc2ccccc2-c2[nH]c3ccccc3c(=O)c21.CO.CO.O. The van der Waals surface area contributed by atoms with Crippen LogP contribution in [0.4, 0.5) is 11.4 Å². The molecule has 0 radical (unpaired) electrons. The van der Waals surface area contributed by atoms with Crippen LogP contribution >= 0.6 is 0 Å². The third kappa shape index (κ3) is 6.04. The number of aromatic amines is 2. The largest absolute Gasteiger partial charge is 0.412 e. The maximum atomic E-state index is 12.9. The highest BCUT2D eigenvalue weighted by molar-refractivity contribution is 5.90. The van der Waals surface area contributed by atoms with E-state index in [9.17, 15) is 9.59 Å². The van der Waals surface area contributed by atoms with E-state index in [1.54, 1.807) is 0 Å². The number of benzene rings is 4. The second-order valence-electron chi connectivity index (χ2n) is 12.1. The van der Waals surface area contributed by atoms with Crippen molar-refractivity contribution in [3.05, 3.63) is 129 Å². The van der Waals surface area contributed by atoms with Crippen LogP contribution < -0.4 is 21.5 Å². The lowest BCUT2D eigenvalue weighted by Gasteiger charge is -2.35. The van der Waals surface area contributed by atoms with Gasteiger partial charge in [0.25, 0.3) is 0 Å². The fraction of sp³-hybridized carbons (Fsp3) is 0.211. The minimum absolute atomic E-state index is 0. The lowest BCUT2D eigenvalue weighted by molar-refractivity contribution is 0.399. The predicted molar refractivity (Wildman–Crippen MR) is 193 cm³/mol. The molecule has 2 aliphatic heterocycles. The third-order valence-corrected chi connectivity index (χ3v) is 8.35. The zero-order chi connectivity index (χ0) is 33.2. The van der Waals surface area contributed by atoms with Gasteiger partial charge in [-0.05, 0) is 64.1 Å². The Morgan fingerprint density at radius 1 is 0.489 bits per heavy atom. The first kappa shape index (κ1) is 34.6. The van der Waals surface area contributed by atoms with E-state index in [1.807, 2.05) is 125 Å². The van der Waals surface area contributed by atoms with Gasteiger partial charge < -0.3 is 36.3 Å². The first-order valence-electron chi connectivity index (χ1n) is 15.1. The minimum atomic E-state index is -0.401. The van der Waals surface area contributed by atoms with Crippen LogP contribution in [0.15, 0.2) is 107 Å². The molecule has 0 saturated heterocycles. The third-order valence-electron chi connectivity index (χ3n) is 8.35. The molecule has 0 atom stereocenters. The molecule has 47 heavy (non-hydrogen) atoms. The smallest absolute Gasteiger partial charge is 0.195 e. The molecular formula is C38H42N4O5. The van der Waals surface area contributed by atoms with E-state index in [0.29, 0.717) is 0 Å². The van der Waals surface area contributed by atoms with Gasteiger partial charge in [-0.2, -0.15) is 0 Å². The summed E-state index contributed by atoms with van der Waals surface area (Å²) in [4.78, 5) is 32.8. The van der Waals surface area contributed by atoms with Gasteiger partial charge in [0, 0.05) is 69.7 Å². The highest BCUT2D eigenvalue weighted by Gasteiger charge is 2.35. The van der Waals surface area contributed by atoms with Gasteiger partial charge in [-0.1, -0.05) is 60.7 Å². The fourth-order valence-electron chi connectivity index (χ4n) is 6.49. The number of H-pyrrole nitrogens is 2. The molecule has 0 bridgehead atoms. The molecule has 0 aliphatic carbocycles. The number of nitrogens with one attached hydrogen (secondary N) is 4. The van der Waals surface area contributed by atoms with Gasteiger partial charge in [0.1, 0.15) is 0 Å². The van der Waals surface area contributed by atoms with Crippen LogP contribution in [0.25, 0.3) is 44.3 Å². The van der Waals surface area contributed by atoms with Crippen LogP contribution in [0.2, 0.25) is 0 Å². The summed E-state index contributed by atoms with van der Waals surface area (Å²) in [5.41, 5.74) is 8.85. The maximum Gasteiger partial charge on any atom is 0.195 e. The maximum absolute atomic E-state index is 12.9. The van der Waals surface area contributed by atoms with Crippen molar-refractivity contribution in [1.82, 2.24) is 9.97 Å². The molecule has 0 fully saturated rings. The highest BCUT2D eigenvalue weighted by Crippen LogP contribution is 2.42. The molecule has 4 aromatic carbocycles. The van der Waals surface area contributed by atoms with Gasteiger partial charge in [0.05, 0.1) is 22.5 Å². The average Bonchev–Trinajstić information content (AvgIpc) is 3.06. The van der Waals surface area contributed by atoms with Gasteiger partial charge >= 0.3 is 0 Å². The van der Waals surface area contributed by atoms with Crippen molar-refractivity contribution in [2.75, 3.05) is 24.9 Å². The molecule has 4 heterocycles. The molecule has 8 rings (SSSR count). The van der Waals surface area contributed by atoms with E-state index < -0.39 is 11.1 Å². The summed E-state index contributed by atoms with van der Waals surface area (Å²) >= 11 is 0. The van der Waals surface area contributed by atoms with Crippen LogP contribution in [0.5, 0.6) is 0 Å². The van der Waals surface area contributed by atoms with Crippen LogP contribution in [-0.2, 0) is 11.1 Å². The van der Waals surface area contributed by atoms with Gasteiger partial charge in [0.2, 0.25) is 0 Å². The molecule has 6 aromatic rings. The van der Waals surface area contributed by atoms with Crippen molar-refractivity contribution in [3.63, 3.8) is 0 Å². The predicted octanol–water partition coefficient (Wildman–Crippen LogP) is 6.10. The van der Waals surface area contributed by atoms with E-state index in [4.69, 9.17) is 10.2 Å². The molecule has 2 aliphatic rings. The van der Waals surface area contributed by atoms with Crippen LogP contribution in [-0.4, -0.2) is 39.9 Å². The second-order valence-corrected chi connectivity index (χ2v) is 12.1. The Morgan fingerprint density at radius 2 is 0.809 bits per heavy atom. The van der Waals surface area contributed by atoms with E-state index in [-0.39, 0.29) is 16.3 Å². The molecule has 244 valence electrons. The standard InChI is InChI=1S/2C18H16N2O.2CH4O.H2O/c2*1-18(2)15-16(11-7-3-6-10-14(11)20-18)19-13-9-5-4-8-12(13)17(15)21;2*1-2;/h2*3-10,20H,1-2H3,(H,19,21);2*2H,1H3;1H2. The number of hydrogen-bond acceptors (Lipinski definition) is 6. The topological polar surface area (TPSA) is 162 Å². The number of pyridine rings is 2. The Labute approximate surface area is 273 Å². The molecule has 0 spiro atoms. The van der Waals surface area contributed by atoms with Crippen LogP contribution in [0.1, 0.15) is 38.8 Å². The van der Waals surface area contributed by atoms with Crippen LogP contribution in [0, 0.1) is 0 Å². The first-order chi connectivity index (χ1) is 22.2. The van der Waals surface area contributed by atoms with Crippen molar-refractivity contribution >= 4 is 33.2 Å². The van der Waals surface area contributed by atoms with Gasteiger partial charge in [-0.25, -0.2) is 0 Å².